The number of hydrogen-bond acceptors (Lipinski definition) is 12. The quantitative estimate of drug-likeness (QED) is 0.0811. The van der Waals surface area contributed by atoms with Gasteiger partial charge in [-0.2, -0.15) is 0 Å². The zero-order valence-electron chi connectivity index (χ0n) is 42.2. The van der Waals surface area contributed by atoms with Gasteiger partial charge in [0.2, 0.25) is 35.4 Å². The van der Waals surface area contributed by atoms with Gasteiger partial charge in [0.05, 0.1) is 36.6 Å². The van der Waals surface area contributed by atoms with Crippen LogP contribution in [-0.2, 0) is 41.6 Å². The Balaban J connectivity index is 1.04. The van der Waals surface area contributed by atoms with E-state index in [1.807, 2.05) is 48.5 Å². The number of carbonyl (C=O) groups excluding carboxylic acids is 8. The standard InChI is InChI=1S/C54H66N12O8/c1-7-15-41(63-47(67)31(3)55-5)53(73)65-29-35(25-45(65)51(71)61-39-23-13-19-33-17-9-11-21-37(33)39)59-49(69)43-27-58-44(28-57-43)50(70)60-36-26-46(52(72)62-40-24-14-20-34-18-10-12-22-38(34)40)66(30-36)54(74)42(16-8-2)64-48(68)32(4)56-6/h1-2,9-12,17-18,21-22,27-28,31-32,35-36,39-42,45-46,55-56H,13-16,19-20,23-26,29-30H2,3-6H3,(H,59,69)(H,60,70)(H,61,71)(H,62,72)(H,63,67)(H,64,68). The average molecular weight is 1010 g/mol. The van der Waals surface area contributed by atoms with Crippen LogP contribution in [0.5, 0.6) is 0 Å². The van der Waals surface area contributed by atoms with Crippen LogP contribution in [0.2, 0.25) is 0 Å². The number of likely N-dealkylation sites (N-methyl/N-ethyl adjacent to an activating group) is 2. The molecule has 3 aromatic rings. The van der Waals surface area contributed by atoms with Gasteiger partial charge in [-0.3, -0.25) is 38.4 Å². The van der Waals surface area contributed by atoms with E-state index in [9.17, 15) is 38.4 Å². The van der Waals surface area contributed by atoms with E-state index in [1.165, 1.54) is 9.80 Å². The highest BCUT2D eigenvalue weighted by Gasteiger charge is 2.45. The van der Waals surface area contributed by atoms with E-state index in [1.54, 1.807) is 27.9 Å². The fourth-order valence-corrected chi connectivity index (χ4v) is 10.2. The number of nitrogens with zero attached hydrogens (tertiary/aromatic N) is 4. The maximum atomic E-state index is 14.2. The average Bonchev–Trinajstić information content (AvgIpc) is 4.04. The fourth-order valence-electron chi connectivity index (χ4n) is 10.2. The minimum atomic E-state index is -1.14. The number of hydrogen-bond donors (Lipinski definition) is 8. The third kappa shape index (κ3) is 12.7. The van der Waals surface area contributed by atoms with Crippen LogP contribution < -0.4 is 42.5 Å². The third-order valence-electron chi connectivity index (χ3n) is 14.5. The third-order valence-corrected chi connectivity index (χ3v) is 14.5. The second-order valence-corrected chi connectivity index (χ2v) is 19.4. The number of rotatable bonds is 18. The summed E-state index contributed by atoms with van der Waals surface area (Å²) in [6, 6.07) is 8.08. The molecule has 0 radical (unpaired) electrons. The van der Waals surface area contributed by atoms with Crippen LogP contribution in [0.1, 0.15) is 121 Å². The van der Waals surface area contributed by atoms with Gasteiger partial charge in [-0.1, -0.05) is 48.5 Å². The van der Waals surface area contributed by atoms with Crippen LogP contribution in [0.25, 0.3) is 0 Å². The van der Waals surface area contributed by atoms with Crippen molar-refractivity contribution in [1.29, 1.82) is 0 Å². The number of aromatic nitrogens is 2. The van der Waals surface area contributed by atoms with Crippen molar-refractivity contribution < 1.29 is 38.4 Å². The second-order valence-electron chi connectivity index (χ2n) is 19.4. The van der Waals surface area contributed by atoms with E-state index >= 15 is 0 Å². The molecule has 390 valence electrons. The minimum absolute atomic E-state index is 0.0357. The first kappa shape index (κ1) is 54.1. The largest absolute Gasteiger partial charge is 0.347 e. The van der Waals surface area contributed by atoms with Crippen LogP contribution in [0.3, 0.4) is 0 Å². The Kier molecular flexibility index (Phi) is 18.2. The highest BCUT2D eigenvalue weighted by Crippen LogP contribution is 2.32. The molecule has 20 heteroatoms. The van der Waals surface area contributed by atoms with Crippen LogP contribution in [-0.4, -0.2) is 143 Å². The lowest BCUT2D eigenvalue weighted by Crippen LogP contribution is -2.55. The zero-order valence-corrected chi connectivity index (χ0v) is 42.2. The normalized spacial score (nSPS) is 22.4. The van der Waals surface area contributed by atoms with Gasteiger partial charge in [0.15, 0.2) is 0 Å². The van der Waals surface area contributed by atoms with Crippen molar-refractivity contribution in [3.8, 4) is 24.7 Å². The number of terminal acetylenes is 2. The van der Waals surface area contributed by atoms with Gasteiger partial charge in [0, 0.05) is 38.0 Å². The van der Waals surface area contributed by atoms with Gasteiger partial charge >= 0.3 is 0 Å². The summed E-state index contributed by atoms with van der Waals surface area (Å²) in [5, 5.41) is 23.1. The molecule has 7 rings (SSSR count). The Labute approximate surface area is 431 Å². The Bertz CT molecular complexity index is 2500. The molecule has 2 aromatic carbocycles. The molecular weight excluding hydrogens is 945 g/mol. The molecule has 2 saturated heterocycles. The summed E-state index contributed by atoms with van der Waals surface area (Å²) in [6.07, 6.45) is 18.2. The summed E-state index contributed by atoms with van der Waals surface area (Å²) in [4.78, 5) is 121. The number of aryl methyl sites for hydroxylation is 2. The molecule has 3 heterocycles. The van der Waals surface area contributed by atoms with Crippen molar-refractivity contribution in [2.45, 2.75) is 138 Å². The Morgan fingerprint density at radius 1 is 0.608 bits per heavy atom. The van der Waals surface area contributed by atoms with Crippen LogP contribution in [0.4, 0.5) is 0 Å². The maximum Gasteiger partial charge on any atom is 0.271 e. The summed E-state index contributed by atoms with van der Waals surface area (Å²) < 4.78 is 0. The molecule has 8 amide bonds. The predicted molar refractivity (Wildman–Crippen MR) is 273 cm³/mol. The van der Waals surface area contributed by atoms with Crippen molar-refractivity contribution in [2.24, 2.45) is 0 Å². The molecule has 8 N–H and O–H groups in total. The highest BCUT2D eigenvalue weighted by atomic mass is 16.2. The van der Waals surface area contributed by atoms with Gasteiger partial charge < -0.3 is 52.3 Å². The first-order chi connectivity index (χ1) is 35.6. The smallest absolute Gasteiger partial charge is 0.271 e. The van der Waals surface area contributed by atoms with Crippen molar-refractivity contribution in [3.63, 3.8) is 0 Å². The van der Waals surface area contributed by atoms with Crippen molar-refractivity contribution in [1.82, 2.24) is 62.3 Å². The molecule has 2 fully saturated rings. The molecule has 4 aliphatic rings. The molecule has 10 unspecified atom stereocenters. The lowest BCUT2D eigenvalue weighted by molar-refractivity contribution is -0.141. The highest BCUT2D eigenvalue weighted by molar-refractivity contribution is 5.97. The first-order valence-corrected chi connectivity index (χ1v) is 25.3. The van der Waals surface area contributed by atoms with E-state index in [2.05, 4.69) is 64.3 Å². The van der Waals surface area contributed by atoms with E-state index < -0.39 is 95.6 Å². The number of likely N-dealkylation sites (tertiary alicyclic amines) is 2. The van der Waals surface area contributed by atoms with Gasteiger partial charge in [-0.05, 0) is 102 Å². The fraction of sp³-hybridized carbons (Fsp3) is 0.481. The summed E-state index contributed by atoms with van der Waals surface area (Å²) >= 11 is 0. The van der Waals surface area contributed by atoms with Crippen molar-refractivity contribution >= 4 is 47.3 Å². The molecule has 2 aliphatic carbocycles. The van der Waals surface area contributed by atoms with E-state index in [0.717, 1.165) is 60.3 Å². The van der Waals surface area contributed by atoms with Crippen molar-refractivity contribution in [3.05, 3.63) is 94.6 Å². The molecule has 0 bridgehead atoms. The van der Waals surface area contributed by atoms with Crippen LogP contribution in [0.15, 0.2) is 60.9 Å². The number of benzene rings is 2. The molecular formula is C54H66N12O8. The molecule has 1 aromatic heterocycles. The van der Waals surface area contributed by atoms with Crippen LogP contribution >= 0.6 is 0 Å². The van der Waals surface area contributed by atoms with Gasteiger partial charge in [-0.15, -0.1) is 24.7 Å². The Morgan fingerprint density at radius 2 is 1.00 bits per heavy atom. The van der Waals surface area contributed by atoms with Crippen LogP contribution in [0, 0.1) is 24.7 Å². The van der Waals surface area contributed by atoms with Crippen molar-refractivity contribution in [2.75, 3.05) is 27.2 Å². The number of carbonyl (C=O) groups is 8. The first-order valence-electron chi connectivity index (χ1n) is 25.3. The molecule has 74 heavy (non-hydrogen) atoms. The molecule has 0 saturated carbocycles. The summed E-state index contributed by atoms with van der Waals surface area (Å²) in [6.45, 7) is 3.08. The Morgan fingerprint density at radius 3 is 1.36 bits per heavy atom. The summed E-state index contributed by atoms with van der Waals surface area (Å²) in [5.74, 6) is 0.626. The molecule has 10 atom stereocenters. The number of amides is 8. The van der Waals surface area contributed by atoms with E-state index in [-0.39, 0.29) is 62.2 Å². The summed E-state index contributed by atoms with van der Waals surface area (Å²) in [7, 11) is 3.21. The topological polar surface area (TPSA) is 265 Å². The Hall–Kier alpha value is -7.68. The van der Waals surface area contributed by atoms with Gasteiger partial charge in [0.25, 0.3) is 11.8 Å². The van der Waals surface area contributed by atoms with E-state index in [0.29, 0.717) is 12.8 Å². The maximum absolute atomic E-state index is 14.2. The van der Waals surface area contributed by atoms with E-state index in [4.69, 9.17) is 12.8 Å². The molecule has 2 aliphatic heterocycles. The zero-order chi connectivity index (χ0) is 53.1. The monoisotopic (exact) mass is 1010 g/mol. The summed E-state index contributed by atoms with van der Waals surface area (Å²) in [5.41, 5.74) is 3.96. The minimum Gasteiger partial charge on any atom is -0.347 e. The molecule has 20 nitrogen and oxygen atoms in total. The molecule has 0 spiro atoms. The van der Waals surface area contributed by atoms with Gasteiger partial charge in [-0.25, -0.2) is 9.97 Å². The number of nitrogens with one attached hydrogen (secondary N) is 8. The lowest BCUT2D eigenvalue weighted by Gasteiger charge is -2.31. The lowest BCUT2D eigenvalue weighted by atomic mass is 9.87. The predicted octanol–water partition coefficient (Wildman–Crippen LogP) is 0.495. The van der Waals surface area contributed by atoms with Gasteiger partial charge in [0.1, 0.15) is 35.6 Å². The second kappa shape index (κ2) is 24.8. The number of fused-ring (bicyclic) bond motifs is 2. The SMILES string of the molecule is C#CCC(NC(=O)C(C)NC)C(=O)N1CC(NC(=O)c2cnc(C(=O)NC3CC(C(=O)NC4CCCc5ccccc54)N(C(=O)C(CC#C)NC(=O)C(C)NC)C3)cn2)CC1C(=O)NC1CCCc2ccccc21.